The van der Waals surface area contributed by atoms with Gasteiger partial charge in [-0.3, -0.25) is 0 Å². The Bertz CT molecular complexity index is 228. The second-order valence-electron chi connectivity index (χ2n) is 1.88. The first-order valence-corrected chi connectivity index (χ1v) is 4.67. The zero-order valence-corrected chi connectivity index (χ0v) is 7.78. The van der Waals surface area contributed by atoms with Gasteiger partial charge in [-0.05, 0) is 18.4 Å². The van der Waals surface area contributed by atoms with E-state index in [1.165, 1.54) is 5.54 Å². The summed E-state index contributed by atoms with van der Waals surface area (Å²) in [7, 11) is 0. The first-order chi connectivity index (χ1) is 5.38. The summed E-state index contributed by atoms with van der Waals surface area (Å²) in [4.78, 5) is 1.07. The number of rotatable bonds is 3. The second-order valence-corrected chi connectivity index (χ2v) is 3.05. The molecule has 1 rings (SSSR count). The van der Waals surface area contributed by atoms with E-state index < -0.39 is 0 Å². The van der Waals surface area contributed by atoms with Gasteiger partial charge in [0.2, 0.25) is 0 Å². The molecule has 0 aromatic carbocycles. The van der Waals surface area contributed by atoms with Gasteiger partial charge in [0, 0.05) is 5.54 Å². The highest BCUT2D eigenvalue weighted by atomic mass is 35.5. The highest BCUT2D eigenvalue weighted by Gasteiger charge is 2.00. The summed E-state index contributed by atoms with van der Waals surface area (Å²) in [6.45, 7) is 2.59. The number of ether oxygens (including phenoxy) is 1. The number of hydrogen-bond acceptors (Lipinski definition) is 2. The fourth-order valence-corrected chi connectivity index (χ4v) is 1.67. The van der Waals surface area contributed by atoms with E-state index in [-0.39, 0.29) is 0 Å². The zero-order chi connectivity index (χ0) is 8.10. The lowest BCUT2D eigenvalue weighted by atomic mass is 10.4. The van der Waals surface area contributed by atoms with Gasteiger partial charge in [0.1, 0.15) is 5.76 Å². The second kappa shape index (κ2) is 4.42. The van der Waals surface area contributed by atoms with Crippen molar-refractivity contribution in [1.29, 1.82) is 0 Å². The molecule has 0 bridgehead atoms. The lowest BCUT2D eigenvalue weighted by molar-refractivity contribution is 0.299. The molecule has 60 valence electrons. The van der Waals surface area contributed by atoms with Gasteiger partial charge in [0.15, 0.2) is 0 Å². The molecular weight excluding hydrogens is 180 g/mol. The van der Waals surface area contributed by atoms with Gasteiger partial charge in [-0.2, -0.15) is 0 Å². The summed E-state index contributed by atoms with van der Waals surface area (Å²) in [5.41, 5.74) is 1.47. The van der Waals surface area contributed by atoms with Crippen LogP contribution < -0.4 is 0 Å². The van der Waals surface area contributed by atoms with Gasteiger partial charge < -0.3 is 4.74 Å². The molecule has 0 unspecified atom stereocenters. The third-order valence-electron chi connectivity index (χ3n) is 1.16. The Labute approximate surface area is 75.3 Å². The SMILES string of the molecule is CCO/C(=C/Cl)c1cccs1. The van der Waals surface area contributed by atoms with Crippen LogP contribution in [0.25, 0.3) is 5.76 Å². The van der Waals surface area contributed by atoms with Crippen LogP contribution in [0.1, 0.15) is 11.8 Å². The molecule has 1 aromatic rings. The maximum absolute atomic E-state index is 5.56. The van der Waals surface area contributed by atoms with E-state index in [9.17, 15) is 0 Å². The van der Waals surface area contributed by atoms with Crippen LogP contribution in [0.4, 0.5) is 0 Å². The van der Waals surface area contributed by atoms with Gasteiger partial charge in [-0.1, -0.05) is 17.7 Å². The van der Waals surface area contributed by atoms with Crippen LogP contribution in [0, 0.1) is 0 Å². The number of halogens is 1. The fourth-order valence-electron chi connectivity index (χ4n) is 0.731. The van der Waals surface area contributed by atoms with Crippen LogP contribution in [-0.2, 0) is 4.74 Å². The smallest absolute Gasteiger partial charge is 0.147 e. The van der Waals surface area contributed by atoms with Gasteiger partial charge in [-0.15, -0.1) is 11.3 Å². The zero-order valence-electron chi connectivity index (χ0n) is 6.21. The molecule has 0 saturated carbocycles. The Balaban J connectivity index is 2.72. The molecule has 0 saturated heterocycles. The van der Waals surface area contributed by atoms with E-state index in [1.54, 1.807) is 11.3 Å². The lowest BCUT2D eigenvalue weighted by Gasteiger charge is -2.03. The maximum Gasteiger partial charge on any atom is 0.147 e. The average molecular weight is 189 g/mol. The lowest BCUT2D eigenvalue weighted by Crippen LogP contribution is -1.86. The van der Waals surface area contributed by atoms with Gasteiger partial charge in [-0.25, -0.2) is 0 Å². The van der Waals surface area contributed by atoms with Crippen LogP contribution in [0.5, 0.6) is 0 Å². The van der Waals surface area contributed by atoms with Crippen molar-refractivity contribution >= 4 is 28.7 Å². The van der Waals surface area contributed by atoms with E-state index in [1.807, 2.05) is 24.4 Å². The third kappa shape index (κ3) is 2.24. The standard InChI is InChI=1S/C8H9ClOS/c1-2-10-7(6-9)8-4-3-5-11-8/h3-6H,2H2,1H3/b7-6+. The monoisotopic (exact) mass is 188 g/mol. The van der Waals surface area contributed by atoms with Crippen molar-refractivity contribution in [2.45, 2.75) is 6.92 Å². The molecule has 0 radical (unpaired) electrons. The first-order valence-electron chi connectivity index (χ1n) is 3.35. The van der Waals surface area contributed by atoms with Crippen LogP contribution in [0.15, 0.2) is 23.0 Å². The molecule has 0 amide bonds. The Morgan fingerprint density at radius 1 is 1.82 bits per heavy atom. The van der Waals surface area contributed by atoms with E-state index in [0.717, 1.165) is 10.6 Å². The molecular formula is C8H9ClOS. The molecule has 1 aromatic heterocycles. The Morgan fingerprint density at radius 3 is 3.09 bits per heavy atom. The van der Waals surface area contributed by atoms with Crippen molar-refractivity contribution in [1.82, 2.24) is 0 Å². The minimum atomic E-state index is 0.649. The highest BCUT2D eigenvalue weighted by molar-refractivity contribution is 7.11. The molecule has 0 N–H and O–H groups in total. The van der Waals surface area contributed by atoms with E-state index in [2.05, 4.69) is 0 Å². The molecule has 0 aliphatic heterocycles. The minimum Gasteiger partial charge on any atom is -0.491 e. The molecule has 0 aliphatic rings. The van der Waals surface area contributed by atoms with E-state index in [4.69, 9.17) is 16.3 Å². The molecule has 0 fully saturated rings. The molecule has 1 heterocycles. The van der Waals surface area contributed by atoms with Gasteiger partial charge >= 0.3 is 0 Å². The minimum absolute atomic E-state index is 0.649. The molecule has 0 atom stereocenters. The molecule has 11 heavy (non-hydrogen) atoms. The number of hydrogen-bond donors (Lipinski definition) is 0. The third-order valence-corrected chi connectivity index (χ3v) is 2.25. The summed E-state index contributed by atoms with van der Waals surface area (Å²) in [5.74, 6) is 0.754. The molecule has 1 nitrogen and oxygen atoms in total. The summed E-state index contributed by atoms with van der Waals surface area (Å²) in [5, 5.41) is 1.99. The maximum atomic E-state index is 5.56. The molecule has 0 aliphatic carbocycles. The highest BCUT2D eigenvalue weighted by Crippen LogP contribution is 2.21. The predicted molar refractivity (Wildman–Crippen MR) is 49.8 cm³/mol. The summed E-state index contributed by atoms with van der Waals surface area (Å²) >= 11 is 7.18. The topological polar surface area (TPSA) is 9.23 Å². The fraction of sp³-hybridized carbons (Fsp3) is 0.250. The van der Waals surface area contributed by atoms with Gasteiger partial charge in [0.05, 0.1) is 11.5 Å². The summed E-state index contributed by atoms with van der Waals surface area (Å²) in [6.07, 6.45) is 0. The summed E-state index contributed by atoms with van der Waals surface area (Å²) < 4.78 is 5.28. The van der Waals surface area contributed by atoms with Crippen LogP contribution in [0.3, 0.4) is 0 Å². The normalized spacial score (nSPS) is 11.6. The Morgan fingerprint density at radius 2 is 2.64 bits per heavy atom. The van der Waals surface area contributed by atoms with Crippen molar-refractivity contribution in [3.05, 3.63) is 27.9 Å². The largest absolute Gasteiger partial charge is 0.491 e. The number of thiophene rings is 1. The quantitative estimate of drug-likeness (QED) is 0.662. The van der Waals surface area contributed by atoms with E-state index >= 15 is 0 Å². The summed E-state index contributed by atoms with van der Waals surface area (Å²) in [6, 6.07) is 3.95. The molecule has 0 spiro atoms. The van der Waals surface area contributed by atoms with Crippen LogP contribution in [0.2, 0.25) is 0 Å². The Kier molecular flexibility index (Phi) is 3.46. The van der Waals surface area contributed by atoms with Crippen molar-refractivity contribution in [2.24, 2.45) is 0 Å². The average Bonchev–Trinajstić information content (AvgIpc) is 2.52. The van der Waals surface area contributed by atoms with Crippen LogP contribution >= 0.6 is 22.9 Å². The molecule has 3 heteroatoms. The van der Waals surface area contributed by atoms with E-state index in [0.29, 0.717) is 6.61 Å². The first kappa shape index (κ1) is 8.62. The van der Waals surface area contributed by atoms with Gasteiger partial charge in [0.25, 0.3) is 0 Å². The predicted octanol–water partition coefficient (Wildman–Crippen LogP) is 3.32. The van der Waals surface area contributed by atoms with Crippen molar-refractivity contribution in [3.8, 4) is 0 Å². The van der Waals surface area contributed by atoms with Crippen LogP contribution in [-0.4, -0.2) is 6.61 Å². The Hall–Kier alpha value is -0.470. The van der Waals surface area contributed by atoms with Crippen molar-refractivity contribution in [2.75, 3.05) is 6.61 Å². The van der Waals surface area contributed by atoms with Crippen molar-refractivity contribution < 1.29 is 4.74 Å². The van der Waals surface area contributed by atoms with Crippen molar-refractivity contribution in [3.63, 3.8) is 0 Å².